The molecule has 6 saturated heterocycles. The fraction of sp³-hybridized carbons (Fsp3) is 0.255. The molecule has 1 amide bonds. The molecule has 712 valence electrons. The number of likely N-dealkylation sites (N-methyl/N-ethyl adjacent to an activating group) is 1. The fourth-order valence-corrected chi connectivity index (χ4v) is 20.7. The van der Waals surface area contributed by atoms with E-state index < -0.39 is 11.6 Å². The number of morpholine rings is 2. The van der Waals surface area contributed by atoms with Gasteiger partial charge in [0.05, 0.1) is 143 Å². The minimum atomic E-state index is -0.618. The Bertz CT molecular complexity index is 8070. The van der Waals surface area contributed by atoms with Gasteiger partial charge in [-0.15, -0.1) is 0 Å². The number of fused-ring (bicyclic) bond motifs is 15. The predicted molar refractivity (Wildman–Crippen MR) is 542 cm³/mol. The van der Waals surface area contributed by atoms with E-state index in [9.17, 15) is 37.1 Å². The highest BCUT2D eigenvalue weighted by Gasteiger charge is 2.39. The van der Waals surface area contributed by atoms with Gasteiger partial charge in [0.2, 0.25) is 0 Å². The molecule has 7 aliphatic heterocycles. The molecule has 0 atom stereocenters. The van der Waals surface area contributed by atoms with Crippen LogP contribution in [-0.2, 0) is 20.7 Å². The van der Waals surface area contributed by atoms with Gasteiger partial charge in [-0.25, -0.2) is 40.7 Å². The number of amides is 1. The number of piperazine rings is 4. The average Bonchev–Trinajstić information content (AvgIpc) is 1.55. The number of hydrazone groups is 1. The van der Waals surface area contributed by atoms with Crippen molar-refractivity contribution in [2.45, 2.75) is 6.42 Å². The van der Waals surface area contributed by atoms with Crippen LogP contribution in [0.1, 0.15) is 11.1 Å². The molecule has 8 aromatic carbocycles. The number of ether oxygens (including phenoxy) is 2. The smallest absolute Gasteiger partial charge is 0.280 e. The second kappa shape index (κ2) is 38.7. The van der Waals surface area contributed by atoms with E-state index in [4.69, 9.17) is 14.5 Å². The predicted octanol–water partition coefficient (Wildman–Crippen LogP) is 12.9. The molecular weight excluding hydrogens is 1830 g/mol. The van der Waals surface area contributed by atoms with Crippen LogP contribution in [0.15, 0.2) is 240 Å². The first-order chi connectivity index (χ1) is 68.5. The number of allylic oxidation sites excluding steroid dienone is 1. The molecule has 26 rings (SSSR count). The number of hydrogen-bond acceptors (Lipinski definition) is 24. The summed E-state index contributed by atoms with van der Waals surface area (Å²) >= 11 is 3.02. The van der Waals surface area contributed by atoms with E-state index in [1.54, 1.807) is 64.6 Å². The first-order valence-corrected chi connectivity index (χ1v) is 48.5. The highest BCUT2D eigenvalue weighted by Crippen LogP contribution is 2.41. The number of H-pyrrole nitrogens is 4. The molecule has 1 aliphatic carbocycles. The van der Waals surface area contributed by atoms with Crippen LogP contribution < -0.4 is 72.6 Å². The van der Waals surface area contributed by atoms with Crippen molar-refractivity contribution >= 4 is 161 Å². The highest BCUT2D eigenvalue weighted by atomic mass is 32.1. The third-order valence-corrected chi connectivity index (χ3v) is 28.2. The van der Waals surface area contributed by atoms with Crippen molar-refractivity contribution < 1.29 is 36.2 Å². The largest absolute Gasteiger partial charge is 0.378 e. The SMILES string of the molecule is CN1CCN(c2cc3ncc4c(=O)n(-c5ccsc5)[nH]c4c3cc2F)CC1.O=C1C2=CCc3c(cc(F)c(N4CCNCC4)c3F)C2=NN1c1ccccc1.O=c1c2cnc3c(F)c(N4CCNCC4)ccc3c2[nH]n1-c1ccccc1.O=c1c2cnc3c(N4CCOCC4)cc(N4CCOCC4)cc3c2[nH]n1-c1ccccc1.O=c1c2cnc3cc(N4CCNCC4)c(F)cc3c2[nH]n1-c1ccsc1. The maximum Gasteiger partial charge on any atom is 0.280 e. The molecule has 0 bridgehead atoms. The number of pyridine rings is 4. The third-order valence-electron chi connectivity index (χ3n) is 26.8. The minimum absolute atomic E-state index is 0.0157. The Morgan fingerprint density at radius 3 is 1.29 bits per heavy atom. The summed E-state index contributed by atoms with van der Waals surface area (Å²) in [7, 11) is 2.07. The van der Waals surface area contributed by atoms with Crippen molar-refractivity contribution in [3.05, 3.63) is 297 Å². The van der Waals surface area contributed by atoms with E-state index in [-0.39, 0.29) is 63.2 Å². The molecule has 6 fully saturated rings. The number of benzene rings is 8. The van der Waals surface area contributed by atoms with Crippen LogP contribution in [-0.4, -0.2) is 240 Å². The quantitative estimate of drug-likeness (QED) is 0.0592. The number of carbonyl (C=O) groups excluding carboxylic acids is 1. The van der Waals surface area contributed by atoms with Gasteiger partial charge in [0.15, 0.2) is 11.6 Å². The lowest BCUT2D eigenvalue weighted by molar-refractivity contribution is -0.114. The minimum Gasteiger partial charge on any atom is -0.378 e. The zero-order valence-electron chi connectivity index (χ0n) is 76.1. The second-order valence-corrected chi connectivity index (χ2v) is 36.7. The van der Waals surface area contributed by atoms with Crippen LogP contribution >= 0.6 is 22.7 Å². The summed E-state index contributed by atoms with van der Waals surface area (Å²) in [5.74, 6) is -2.38. The van der Waals surface area contributed by atoms with Gasteiger partial charge in [0.25, 0.3) is 28.1 Å². The lowest BCUT2D eigenvalue weighted by atomic mass is 9.88. The lowest BCUT2D eigenvalue weighted by Gasteiger charge is -2.34. The number of aromatic nitrogens is 12. The van der Waals surface area contributed by atoms with Gasteiger partial charge in [0, 0.05) is 205 Å². The summed E-state index contributed by atoms with van der Waals surface area (Å²) in [4.78, 5) is 96.7. The number of carbonyl (C=O) groups is 1. The Hall–Kier alpha value is -15.0. The van der Waals surface area contributed by atoms with Crippen molar-refractivity contribution in [1.82, 2.24) is 79.9 Å². The normalized spacial score (nSPS) is 16.4. The molecular formula is C102H95F5N24O7S2. The molecule has 17 heterocycles. The number of nitrogens with one attached hydrogen (secondary N) is 7. The number of hydrogen-bond donors (Lipinski definition) is 7. The summed E-state index contributed by atoms with van der Waals surface area (Å²) in [6.45, 7) is 18.4. The molecule has 0 saturated carbocycles. The average molecular weight is 1930 g/mol. The number of para-hydroxylation sites is 3. The van der Waals surface area contributed by atoms with E-state index in [1.807, 2.05) is 128 Å². The molecule has 18 aromatic rings. The van der Waals surface area contributed by atoms with Crippen molar-refractivity contribution in [1.29, 1.82) is 0 Å². The molecule has 0 unspecified atom stereocenters. The second-order valence-electron chi connectivity index (χ2n) is 35.1. The zero-order chi connectivity index (χ0) is 95.3. The fourth-order valence-electron chi connectivity index (χ4n) is 19.4. The Morgan fingerprint density at radius 1 is 0.357 bits per heavy atom. The van der Waals surface area contributed by atoms with Crippen molar-refractivity contribution in [3.8, 4) is 22.7 Å². The van der Waals surface area contributed by atoms with E-state index in [1.165, 1.54) is 66.1 Å². The Kier molecular flexibility index (Phi) is 24.9. The van der Waals surface area contributed by atoms with Crippen LogP contribution in [0.5, 0.6) is 0 Å². The molecule has 0 spiro atoms. The number of thiophene rings is 2. The molecule has 7 N–H and O–H groups in total. The first-order valence-electron chi connectivity index (χ1n) is 46.6. The lowest BCUT2D eigenvalue weighted by Crippen LogP contribution is -2.44. The molecule has 38 heteroatoms. The summed E-state index contributed by atoms with van der Waals surface area (Å²) in [5.41, 5.74) is 13.6. The van der Waals surface area contributed by atoms with Crippen LogP contribution in [0, 0.1) is 29.1 Å². The van der Waals surface area contributed by atoms with Gasteiger partial charge >= 0.3 is 0 Å². The van der Waals surface area contributed by atoms with E-state index in [2.05, 4.69) is 95.2 Å². The van der Waals surface area contributed by atoms with Crippen molar-refractivity contribution in [2.24, 2.45) is 5.10 Å². The van der Waals surface area contributed by atoms with Crippen LogP contribution in [0.25, 0.3) is 110 Å². The number of halogens is 5. The topological polar surface area (TPSA) is 313 Å². The van der Waals surface area contributed by atoms with Crippen LogP contribution in [0.2, 0.25) is 0 Å². The van der Waals surface area contributed by atoms with Crippen LogP contribution in [0.4, 0.5) is 61.8 Å². The zero-order valence-corrected chi connectivity index (χ0v) is 77.7. The van der Waals surface area contributed by atoms with Crippen LogP contribution in [0.3, 0.4) is 0 Å². The number of nitrogens with zero attached hydrogens (tertiary/aromatic N) is 17. The standard InChI is InChI=1S/C24H25N5O3.C21H18F2N4O.C20H18FN5O.C19H18FN5OS.C18H16FN5OS/c30-24-20-16-25-23-19(22(20)26-29(24)17-4-2-1-3-5-17)14-18(27-6-10-31-11-7-27)15-21(23)28-8-12-32-13-9-28;22-17-12-16-14(18(23)20(17)26-10-8-24-9-11-26)6-7-15-19(16)25-27(21(15)28)13-4-2-1-3-5-13;21-17-16(25-10-8-22-9-11-25)7-6-14-18-15(12-23-19(14)17)20(27)26(24-18)13-4-2-1-3-5-13;1-23-3-5-24(6-4-23)17-9-16-13(8-15(17)20)18-14(10-21-16)19(26)25(22-18)12-2-7-27-11-12;19-14-7-12-15(8-16(14)23-4-2-20-3-5-23)21-9-13-17(12)22-24(18(13)25)11-1-6-26-10-11/h1-5,14-16,26H,6-13H2;1-5,7,12,24H,6,8-11H2;1-7,12,22,24H,8-11H2;2,7-11,22H,3-6H2,1H3;1,6-10,20,22H,2-5H2. The van der Waals surface area contributed by atoms with Crippen molar-refractivity contribution in [3.63, 3.8) is 0 Å². The van der Waals surface area contributed by atoms with Gasteiger partial charge in [-0.3, -0.25) is 64.3 Å². The van der Waals surface area contributed by atoms with E-state index in [0.29, 0.717) is 163 Å². The molecule has 8 aliphatic rings. The van der Waals surface area contributed by atoms with E-state index >= 15 is 8.78 Å². The maximum atomic E-state index is 15.3. The third kappa shape index (κ3) is 17.1. The Morgan fingerprint density at radius 2 is 0.793 bits per heavy atom. The van der Waals surface area contributed by atoms with Gasteiger partial charge < -0.3 is 59.7 Å². The maximum absolute atomic E-state index is 15.3. The number of aromatic amines is 4. The molecule has 140 heavy (non-hydrogen) atoms. The van der Waals surface area contributed by atoms with E-state index in [0.717, 1.165) is 155 Å². The van der Waals surface area contributed by atoms with Crippen molar-refractivity contribution in [2.75, 3.05) is 199 Å². The number of rotatable bonds is 11. The molecule has 0 radical (unpaired) electrons. The first kappa shape index (κ1) is 90.1. The van der Waals surface area contributed by atoms with Gasteiger partial charge in [-0.2, -0.15) is 32.8 Å². The molecule has 31 nitrogen and oxygen atoms in total. The Balaban J connectivity index is 0.000000101. The molecule has 10 aromatic heterocycles. The van der Waals surface area contributed by atoms with Gasteiger partial charge in [0.1, 0.15) is 34.4 Å². The van der Waals surface area contributed by atoms with Gasteiger partial charge in [-0.05, 0) is 127 Å². The summed E-state index contributed by atoms with van der Waals surface area (Å²) in [6, 6.07) is 47.6. The summed E-state index contributed by atoms with van der Waals surface area (Å²) in [5, 5.41) is 40.5. The summed E-state index contributed by atoms with van der Waals surface area (Å²) < 4.78 is 92.3. The Labute approximate surface area is 803 Å². The highest BCUT2D eigenvalue weighted by molar-refractivity contribution is 7.08. The number of anilines is 7. The van der Waals surface area contributed by atoms with Gasteiger partial charge in [-0.1, -0.05) is 60.7 Å². The summed E-state index contributed by atoms with van der Waals surface area (Å²) in [6.07, 6.45) is 8.23. The monoisotopic (exact) mass is 1930 g/mol.